The average Bonchev–Trinajstić information content (AvgIpc) is 2.70. The zero-order valence-electron chi connectivity index (χ0n) is 16.5. The van der Waals surface area contributed by atoms with Crippen LogP contribution in [0.25, 0.3) is 0 Å². The summed E-state index contributed by atoms with van der Waals surface area (Å²) in [4.78, 5) is 7.42. The molecular weight excluding hydrogens is 336 g/mol. The van der Waals surface area contributed by atoms with Crippen LogP contribution in [0, 0.1) is 0 Å². The first-order valence-corrected chi connectivity index (χ1v) is 10.8. The first-order chi connectivity index (χ1) is 12.7. The summed E-state index contributed by atoms with van der Waals surface area (Å²) in [6.45, 7) is 3.66. The molecule has 6 heteroatoms. The van der Waals surface area contributed by atoms with Gasteiger partial charge in [-0.15, -0.1) is 0 Å². The van der Waals surface area contributed by atoms with E-state index in [1.165, 1.54) is 109 Å². The van der Waals surface area contributed by atoms with E-state index in [0.29, 0.717) is 0 Å². The van der Waals surface area contributed by atoms with Gasteiger partial charge in [-0.05, 0) is 51.3 Å². The highest BCUT2D eigenvalue weighted by molar-refractivity contribution is 6.33. The molecule has 0 saturated heterocycles. The molecule has 0 spiro atoms. The van der Waals surface area contributed by atoms with E-state index in [-0.39, 0.29) is 0 Å². The fourth-order valence-electron chi connectivity index (χ4n) is 4.08. The van der Waals surface area contributed by atoms with Crippen LogP contribution >= 0.6 is 0 Å². The Morgan fingerprint density at radius 2 is 1.19 bits per heavy atom. The molecule has 2 rings (SSSR count). The minimum absolute atomic E-state index is 0.864. The number of hydrogen-bond donors (Lipinski definition) is 0. The molecule has 2 aliphatic rings. The van der Waals surface area contributed by atoms with Gasteiger partial charge in [0.15, 0.2) is 0 Å². The molecule has 1 fully saturated rings. The maximum atomic E-state index is 9.67. The molecule has 1 heterocycles. The van der Waals surface area contributed by atoms with Gasteiger partial charge in [0, 0.05) is 19.1 Å². The van der Waals surface area contributed by atoms with Gasteiger partial charge in [-0.3, -0.25) is 17.9 Å². The minimum Gasteiger partial charge on any atom is -0.300 e. The molecule has 0 unspecified atom stereocenters. The third kappa shape index (κ3) is 13.7. The molecule has 26 heavy (non-hydrogen) atoms. The molecule has 1 aliphatic carbocycles. The Labute approximate surface area is 159 Å². The Morgan fingerprint density at radius 3 is 1.81 bits per heavy atom. The van der Waals surface area contributed by atoms with Crippen molar-refractivity contribution in [2.24, 2.45) is 4.99 Å². The van der Waals surface area contributed by atoms with Crippen molar-refractivity contribution >= 4 is 13.8 Å². The lowest BCUT2D eigenvalue weighted by molar-refractivity contribution is 0.167. The molecular formula is C20H38BF3N2. The van der Waals surface area contributed by atoms with E-state index in [0.717, 1.165) is 12.6 Å². The van der Waals surface area contributed by atoms with Crippen molar-refractivity contribution in [3.8, 4) is 0 Å². The lowest BCUT2D eigenvalue weighted by Crippen LogP contribution is -2.37. The van der Waals surface area contributed by atoms with E-state index in [1.807, 2.05) is 0 Å². The molecule has 1 saturated carbocycles. The fourth-order valence-corrected chi connectivity index (χ4v) is 4.08. The van der Waals surface area contributed by atoms with Crippen LogP contribution in [0.2, 0.25) is 0 Å². The van der Waals surface area contributed by atoms with Gasteiger partial charge in [-0.25, -0.2) is 0 Å². The molecule has 0 aromatic heterocycles. The largest absolute Gasteiger partial charge is 0.762 e. The first kappa shape index (κ1) is 23.5. The Balaban J connectivity index is 0.000000765. The highest BCUT2D eigenvalue weighted by atomic mass is 19.4. The van der Waals surface area contributed by atoms with Crippen LogP contribution in [0.1, 0.15) is 96.3 Å². The summed E-state index contributed by atoms with van der Waals surface area (Å²) < 4.78 is 29.0. The zero-order valence-corrected chi connectivity index (χ0v) is 16.5. The monoisotopic (exact) mass is 374 g/mol. The number of nitrogens with zero attached hydrogens (tertiary/aromatic N) is 2. The molecule has 0 N–H and O–H groups in total. The van der Waals surface area contributed by atoms with Crippen molar-refractivity contribution in [3.05, 3.63) is 0 Å². The summed E-state index contributed by atoms with van der Waals surface area (Å²) in [7, 11) is -3.67. The van der Waals surface area contributed by atoms with E-state index in [2.05, 4.69) is 16.1 Å². The van der Waals surface area contributed by atoms with Crippen LogP contribution in [0.15, 0.2) is 4.99 Å². The van der Waals surface area contributed by atoms with Gasteiger partial charge in [0.25, 0.3) is 0 Å². The van der Waals surface area contributed by atoms with Gasteiger partial charge in [0.05, 0.1) is 0 Å². The summed E-state index contributed by atoms with van der Waals surface area (Å²) in [5.74, 6) is 0. The first-order valence-electron chi connectivity index (χ1n) is 10.8. The fraction of sp³-hybridized carbons (Fsp3) is 0.950. The number of aliphatic imine (C=N–C) groups is 1. The minimum atomic E-state index is -3.67. The molecule has 0 radical (unpaired) electrons. The predicted molar refractivity (Wildman–Crippen MR) is 107 cm³/mol. The number of hydrogen-bond acceptors (Lipinski definition) is 2. The molecule has 152 valence electrons. The highest BCUT2D eigenvalue weighted by Gasteiger charge is 2.18. The molecule has 1 aliphatic heterocycles. The van der Waals surface area contributed by atoms with E-state index >= 15 is 0 Å². The second kappa shape index (κ2) is 16.6. The van der Waals surface area contributed by atoms with Crippen LogP contribution in [-0.2, 0) is 0 Å². The van der Waals surface area contributed by atoms with Gasteiger partial charge in [-0.1, -0.05) is 57.8 Å². The molecule has 0 bridgehead atoms. The zero-order chi connectivity index (χ0) is 18.9. The van der Waals surface area contributed by atoms with Crippen LogP contribution in [-0.4, -0.2) is 44.3 Å². The molecule has 0 atom stereocenters. The van der Waals surface area contributed by atoms with Crippen LogP contribution in [0.3, 0.4) is 0 Å². The number of rotatable bonds is 1. The standard InChI is InChI=1S/C20H38N2.BF3/c1-2-4-6-10-15-20(14-9-5-3-1)22-18-12-8-7-11-16-21-17-13-19-22;2-1(3)4/h16,20H,1-15,17-19H2;. The van der Waals surface area contributed by atoms with Crippen molar-refractivity contribution in [2.75, 3.05) is 19.6 Å². The van der Waals surface area contributed by atoms with Crippen LogP contribution < -0.4 is 0 Å². The molecule has 0 aromatic rings. The lowest BCUT2D eigenvalue weighted by Gasteiger charge is -2.32. The Morgan fingerprint density at radius 1 is 0.692 bits per heavy atom. The van der Waals surface area contributed by atoms with Crippen molar-refractivity contribution in [2.45, 2.75) is 102 Å². The predicted octanol–water partition coefficient (Wildman–Crippen LogP) is 6.49. The van der Waals surface area contributed by atoms with Crippen molar-refractivity contribution < 1.29 is 12.9 Å². The topological polar surface area (TPSA) is 15.6 Å². The van der Waals surface area contributed by atoms with Crippen molar-refractivity contribution in [3.63, 3.8) is 0 Å². The summed E-state index contributed by atoms with van der Waals surface area (Å²) in [5, 5.41) is 0. The van der Waals surface area contributed by atoms with Gasteiger partial charge < -0.3 is 4.90 Å². The lowest BCUT2D eigenvalue weighted by atomic mass is 10.00. The Kier molecular flexibility index (Phi) is 15.1. The average molecular weight is 374 g/mol. The third-order valence-corrected chi connectivity index (χ3v) is 5.48. The van der Waals surface area contributed by atoms with Gasteiger partial charge in [-0.2, -0.15) is 0 Å². The summed E-state index contributed by atoms with van der Waals surface area (Å²) in [6.07, 6.45) is 23.4. The maximum absolute atomic E-state index is 9.67. The van der Waals surface area contributed by atoms with Gasteiger partial charge >= 0.3 is 7.54 Å². The molecule has 0 amide bonds. The Hall–Kier alpha value is -0.515. The smallest absolute Gasteiger partial charge is 0.300 e. The third-order valence-electron chi connectivity index (χ3n) is 5.48. The Bertz CT molecular complexity index is 328. The van der Waals surface area contributed by atoms with Gasteiger partial charge in [0.2, 0.25) is 0 Å². The van der Waals surface area contributed by atoms with Crippen molar-refractivity contribution in [1.29, 1.82) is 0 Å². The van der Waals surface area contributed by atoms with E-state index in [9.17, 15) is 12.9 Å². The normalized spacial score (nSPS) is 23.0. The summed E-state index contributed by atoms with van der Waals surface area (Å²) >= 11 is 0. The van der Waals surface area contributed by atoms with Crippen LogP contribution in [0.4, 0.5) is 12.9 Å². The SMILES string of the molecule is C1=NCCCN(C2CCCCCCCCCC2)CCCCC1.FB(F)F. The molecule has 2 nitrogen and oxygen atoms in total. The van der Waals surface area contributed by atoms with Crippen molar-refractivity contribution in [1.82, 2.24) is 4.90 Å². The summed E-state index contributed by atoms with van der Waals surface area (Å²) in [6, 6.07) is 0.864. The second-order valence-corrected chi connectivity index (χ2v) is 7.63. The highest BCUT2D eigenvalue weighted by Crippen LogP contribution is 2.21. The summed E-state index contributed by atoms with van der Waals surface area (Å²) in [5.41, 5.74) is 0. The number of halogens is 3. The van der Waals surface area contributed by atoms with Crippen LogP contribution in [0.5, 0.6) is 0 Å². The van der Waals surface area contributed by atoms with Gasteiger partial charge in [0.1, 0.15) is 0 Å². The van der Waals surface area contributed by atoms with E-state index in [4.69, 9.17) is 0 Å². The van der Waals surface area contributed by atoms with E-state index in [1.54, 1.807) is 0 Å². The molecule has 0 aromatic carbocycles. The quantitative estimate of drug-likeness (QED) is 0.479. The van der Waals surface area contributed by atoms with E-state index < -0.39 is 7.54 Å². The maximum Gasteiger partial charge on any atom is 0.762 e. The second-order valence-electron chi connectivity index (χ2n) is 7.63.